The van der Waals surface area contributed by atoms with Crippen LogP contribution in [0.5, 0.6) is 0 Å². The molecule has 0 aliphatic rings. The average Bonchev–Trinajstić information content (AvgIpc) is 2.47. The molecular formula is C16H19N3O2. The van der Waals surface area contributed by atoms with Gasteiger partial charge < -0.3 is 4.90 Å². The molecule has 5 nitrogen and oxygen atoms in total. The highest BCUT2D eigenvalue weighted by atomic mass is 16.6. The number of hydrogen-bond acceptors (Lipinski definition) is 4. The molecule has 5 heteroatoms. The third-order valence-corrected chi connectivity index (χ3v) is 3.46. The predicted molar refractivity (Wildman–Crippen MR) is 83.6 cm³/mol. The SMILES string of the molecule is CCc1ccc(CN(C)c2ncc([N+](=O)[O-])cc2C)cc1. The van der Waals surface area contributed by atoms with Crippen molar-refractivity contribution >= 4 is 11.5 Å². The normalized spacial score (nSPS) is 10.4. The highest BCUT2D eigenvalue weighted by Crippen LogP contribution is 2.22. The molecule has 2 aromatic rings. The molecule has 0 aliphatic heterocycles. The van der Waals surface area contributed by atoms with Gasteiger partial charge in [-0.25, -0.2) is 4.98 Å². The van der Waals surface area contributed by atoms with E-state index in [1.165, 1.54) is 17.3 Å². The molecule has 0 saturated heterocycles. The molecule has 0 spiro atoms. The van der Waals surface area contributed by atoms with Gasteiger partial charge in [0.05, 0.1) is 4.92 Å². The number of nitrogens with zero attached hydrogens (tertiary/aromatic N) is 3. The fourth-order valence-corrected chi connectivity index (χ4v) is 2.28. The highest BCUT2D eigenvalue weighted by Gasteiger charge is 2.12. The lowest BCUT2D eigenvalue weighted by molar-refractivity contribution is -0.385. The lowest BCUT2D eigenvalue weighted by Crippen LogP contribution is -2.18. The topological polar surface area (TPSA) is 59.3 Å². The number of rotatable bonds is 5. The van der Waals surface area contributed by atoms with Gasteiger partial charge in [0, 0.05) is 19.7 Å². The Hall–Kier alpha value is -2.43. The van der Waals surface area contributed by atoms with E-state index in [0.717, 1.165) is 24.3 Å². The summed E-state index contributed by atoms with van der Waals surface area (Å²) in [5, 5.41) is 10.7. The van der Waals surface area contributed by atoms with Gasteiger partial charge in [-0.05, 0) is 30.0 Å². The van der Waals surface area contributed by atoms with E-state index < -0.39 is 4.92 Å². The van der Waals surface area contributed by atoms with Crippen LogP contribution in [0.4, 0.5) is 11.5 Å². The summed E-state index contributed by atoms with van der Waals surface area (Å²) in [6.07, 6.45) is 2.33. The number of anilines is 1. The summed E-state index contributed by atoms with van der Waals surface area (Å²) in [5.41, 5.74) is 3.33. The van der Waals surface area contributed by atoms with Crippen molar-refractivity contribution in [3.05, 3.63) is 63.3 Å². The first-order valence-electron chi connectivity index (χ1n) is 6.91. The third kappa shape index (κ3) is 3.56. The van der Waals surface area contributed by atoms with E-state index in [0.29, 0.717) is 0 Å². The number of aromatic nitrogens is 1. The maximum atomic E-state index is 10.7. The molecule has 0 unspecified atom stereocenters. The summed E-state index contributed by atoms with van der Waals surface area (Å²) in [6.45, 7) is 4.69. The fraction of sp³-hybridized carbons (Fsp3) is 0.312. The minimum atomic E-state index is -0.423. The predicted octanol–water partition coefficient (Wildman–Crippen LogP) is 3.50. The highest BCUT2D eigenvalue weighted by molar-refractivity contribution is 5.50. The van der Waals surface area contributed by atoms with Gasteiger partial charge in [-0.3, -0.25) is 10.1 Å². The van der Waals surface area contributed by atoms with Crippen molar-refractivity contribution in [2.75, 3.05) is 11.9 Å². The van der Waals surface area contributed by atoms with Crippen LogP contribution in [-0.4, -0.2) is 17.0 Å². The number of aryl methyl sites for hydroxylation is 2. The van der Waals surface area contributed by atoms with Crippen LogP contribution < -0.4 is 4.90 Å². The van der Waals surface area contributed by atoms with Crippen molar-refractivity contribution < 1.29 is 4.92 Å². The zero-order valence-electron chi connectivity index (χ0n) is 12.5. The number of benzene rings is 1. The van der Waals surface area contributed by atoms with Crippen LogP contribution in [0, 0.1) is 17.0 Å². The molecule has 1 heterocycles. The summed E-state index contributed by atoms with van der Waals surface area (Å²) >= 11 is 0. The van der Waals surface area contributed by atoms with Gasteiger partial charge in [-0.15, -0.1) is 0 Å². The van der Waals surface area contributed by atoms with Crippen LogP contribution in [0.25, 0.3) is 0 Å². The lowest BCUT2D eigenvalue weighted by atomic mass is 10.1. The van der Waals surface area contributed by atoms with E-state index in [4.69, 9.17) is 0 Å². The Labute approximate surface area is 124 Å². The Kier molecular flexibility index (Phi) is 4.52. The van der Waals surface area contributed by atoms with Crippen LogP contribution in [0.2, 0.25) is 0 Å². The summed E-state index contributed by atoms with van der Waals surface area (Å²) in [5.74, 6) is 0.764. The first-order valence-corrected chi connectivity index (χ1v) is 6.91. The number of nitro groups is 1. The van der Waals surface area contributed by atoms with Crippen LogP contribution in [0.3, 0.4) is 0 Å². The Morgan fingerprint density at radius 1 is 1.24 bits per heavy atom. The molecule has 0 saturated carbocycles. The van der Waals surface area contributed by atoms with Gasteiger partial charge in [-0.2, -0.15) is 0 Å². The van der Waals surface area contributed by atoms with E-state index >= 15 is 0 Å². The second kappa shape index (κ2) is 6.35. The fourth-order valence-electron chi connectivity index (χ4n) is 2.28. The van der Waals surface area contributed by atoms with Crippen molar-refractivity contribution in [2.45, 2.75) is 26.8 Å². The van der Waals surface area contributed by atoms with Gasteiger partial charge in [0.15, 0.2) is 0 Å². The molecule has 1 aromatic heterocycles. The summed E-state index contributed by atoms with van der Waals surface area (Å²) < 4.78 is 0. The Morgan fingerprint density at radius 3 is 2.38 bits per heavy atom. The van der Waals surface area contributed by atoms with E-state index in [9.17, 15) is 10.1 Å². The number of pyridine rings is 1. The van der Waals surface area contributed by atoms with Crippen LogP contribution >= 0.6 is 0 Å². The quantitative estimate of drug-likeness (QED) is 0.623. The Balaban J connectivity index is 2.15. The molecule has 2 rings (SSSR count). The standard InChI is InChI=1S/C16H19N3O2/c1-4-13-5-7-14(8-6-13)11-18(3)16-12(2)9-15(10-17-16)19(20)21/h5-10H,4,11H2,1-3H3. The van der Waals surface area contributed by atoms with Crippen molar-refractivity contribution in [3.63, 3.8) is 0 Å². The first kappa shape index (κ1) is 15.0. The Morgan fingerprint density at radius 2 is 1.86 bits per heavy atom. The smallest absolute Gasteiger partial charge is 0.287 e. The minimum absolute atomic E-state index is 0.0250. The Bertz CT molecular complexity index is 638. The molecule has 110 valence electrons. The van der Waals surface area contributed by atoms with Crippen molar-refractivity contribution in [2.24, 2.45) is 0 Å². The second-order valence-electron chi connectivity index (χ2n) is 5.12. The number of hydrogen-bond donors (Lipinski definition) is 0. The molecule has 0 bridgehead atoms. The summed E-state index contributed by atoms with van der Waals surface area (Å²) in [6, 6.07) is 10.0. The van der Waals surface area contributed by atoms with Gasteiger partial charge in [0.1, 0.15) is 12.0 Å². The zero-order valence-corrected chi connectivity index (χ0v) is 12.5. The van der Waals surface area contributed by atoms with Gasteiger partial charge in [0.2, 0.25) is 0 Å². The van der Waals surface area contributed by atoms with E-state index in [1.807, 2.05) is 18.9 Å². The zero-order chi connectivity index (χ0) is 15.4. The molecule has 21 heavy (non-hydrogen) atoms. The van der Waals surface area contributed by atoms with Crippen molar-refractivity contribution in [1.82, 2.24) is 4.98 Å². The molecule has 0 aliphatic carbocycles. The molecule has 0 fully saturated rings. The van der Waals surface area contributed by atoms with Gasteiger partial charge in [0.25, 0.3) is 5.69 Å². The van der Waals surface area contributed by atoms with Gasteiger partial charge >= 0.3 is 0 Å². The largest absolute Gasteiger partial charge is 0.355 e. The van der Waals surface area contributed by atoms with Gasteiger partial charge in [-0.1, -0.05) is 31.2 Å². The van der Waals surface area contributed by atoms with E-state index in [2.05, 4.69) is 36.2 Å². The minimum Gasteiger partial charge on any atom is -0.355 e. The average molecular weight is 285 g/mol. The molecule has 0 amide bonds. The van der Waals surface area contributed by atoms with Crippen LogP contribution in [-0.2, 0) is 13.0 Å². The maximum absolute atomic E-state index is 10.7. The van der Waals surface area contributed by atoms with E-state index in [1.54, 1.807) is 6.07 Å². The van der Waals surface area contributed by atoms with Crippen molar-refractivity contribution in [1.29, 1.82) is 0 Å². The maximum Gasteiger partial charge on any atom is 0.287 e. The van der Waals surface area contributed by atoms with E-state index in [-0.39, 0.29) is 5.69 Å². The van der Waals surface area contributed by atoms with Crippen LogP contribution in [0.15, 0.2) is 36.5 Å². The summed E-state index contributed by atoms with van der Waals surface area (Å²) in [7, 11) is 1.94. The lowest BCUT2D eigenvalue weighted by Gasteiger charge is -2.20. The molecular weight excluding hydrogens is 266 g/mol. The molecule has 1 aromatic carbocycles. The third-order valence-electron chi connectivity index (χ3n) is 3.46. The van der Waals surface area contributed by atoms with Crippen molar-refractivity contribution in [3.8, 4) is 0 Å². The second-order valence-corrected chi connectivity index (χ2v) is 5.12. The first-order chi connectivity index (χ1) is 10.0. The molecule has 0 atom stereocenters. The molecule has 0 radical (unpaired) electrons. The molecule has 0 N–H and O–H groups in total. The monoisotopic (exact) mass is 285 g/mol. The summed E-state index contributed by atoms with van der Waals surface area (Å²) in [4.78, 5) is 16.5. The van der Waals surface area contributed by atoms with Crippen LogP contribution in [0.1, 0.15) is 23.6 Å².